The van der Waals surface area contributed by atoms with Gasteiger partial charge in [-0.2, -0.15) is 0 Å². The molecule has 1 rings (SSSR count). The fourth-order valence-corrected chi connectivity index (χ4v) is 1.68. The number of carbonyl (C=O) groups excluding carboxylic acids is 2. The maximum Gasteiger partial charge on any atom is 0.311 e. The molecule has 0 aliphatic heterocycles. The molecule has 0 saturated heterocycles. The fraction of sp³-hybridized carbons (Fsp3) is 0.263. The van der Waals surface area contributed by atoms with Gasteiger partial charge in [0.1, 0.15) is 17.8 Å². The minimum absolute atomic E-state index is 0.194. The molecule has 0 fully saturated rings. The van der Waals surface area contributed by atoms with Crippen LogP contribution in [0.3, 0.4) is 0 Å². The van der Waals surface area contributed by atoms with Gasteiger partial charge in [-0.3, -0.25) is 4.79 Å². The molecular formula is C19H25NO4. The minimum atomic E-state index is -0.374. The number of hydrogen-bond acceptors (Lipinski definition) is 5. The number of aldehydes is 1. The number of hydrogen-bond donors (Lipinski definition) is 2. The summed E-state index contributed by atoms with van der Waals surface area (Å²) >= 11 is 0. The van der Waals surface area contributed by atoms with Crippen molar-refractivity contribution in [1.82, 2.24) is 0 Å². The average Bonchev–Trinajstić information content (AvgIpc) is 2.59. The molecule has 0 bridgehead atoms. The van der Waals surface area contributed by atoms with Crippen molar-refractivity contribution in [2.75, 3.05) is 7.05 Å². The third-order valence-electron chi connectivity index (χ3n) is 2.89. The Morgan fingerprint density at radius 2 is 1.79 bits per heavy atom. The molecule has 0 atom stereocenters. The van der Waals surface area contributed by atoms with Crippen molar-refractivity contribution in [2.24, 2.45) is 5.73 Å². The van der Waals surface area contributed by atoms with Crippen molar-refractivity contribution < 1.29 is 19.4 Å². The molecular weight excluding hydrogens is 306 g/mol. The molecule has 0 aliphatic rings. The maximum atomic E-state index is 11.7. The molecule has 1 aromatic rings. The van der Waals surface area contributed by atoms with Crippen LogP contribution in [0, 0.1) is 0 Å². The van der Waals surface area contributed by atoms with Crippen molar-refractivity contribution in [2.45, 2.75) is 25.7 Å². The highest BCUT2D eigenvalue weighted by molar-refractivity contribution is 5.71. The van der Waals surface area contributed by atoms with Crippen LogP contribution >= 0.6 is 0 Å². The Morgan fingerprint density at radius 3 is 2.38 bits per heavy atom. The van der Waals surface area contributed by atoms with Gasteiger partial charge in [0.15, 0.2) is 0 Å². The molecule has 0 aromatic heterocycles. The molecule has 1 aromatic carbocycles. The summed E-state index contributed by atoms with van der Waals surface area (Å²) in [6.45, 7) is 7.42. The average molecular weight is 331 g/mol. The quantitative estimate of drug-likeness (QED) is 0.314. The Kier molecular flexibility index (Phi) is 11.4. The van der Waals surface area contributed by atoms with Gasteiger partial charge in [-0.05, 0) is 43.7 Å². The van der Waals surface area contributed by atoms with E-state index in [1.54, 1.807) is 36.4 Å². The number of ether oxygens (including phenoxy) is 1. The van der Waals surface area contributed by atoms with E-state index in [4.69, 9.17) is 4.74 Å². The lowest BCUT2D eigenvalue weighted by Gasteiger charge is -2.04. The van der Waals surface area contributed by atoms with Gasteiger partial charge in [0.25, 0.3) is 0 Å². The topological polar surface area (TPSA) is 89.6 Å². The molecule has 5 heteroatoms. The van der Waals surface area contributed by atoms with Crippen LogP contribution in [-0.2, 0) is 20.7 Å². The predicted octanol–water partition coefficient (Wildman–Crippen LogP) is 3.05. The first-order chi connectivity index (χ1) is 11.5. The highest BCUT2D eigenvalue weighted by Crippen LogP contribution is 2.12. The minimum Gasteiger partial charge on any atom is -0.508 e. The van der Waals surface area contributed by atoms with Crippen molar-refractivity contribution in [1.29, 1.82) is 0 Å². The van der Waals surface area contributed by atoms with Gasteiger partial charge in [-0.1, -0.05) is 36.9 Å². The lowest BCUT2D eigenvalue weighted by atomic mass is 10.1. The van der Waals surface area contributed by atoms with Gasteiger partial charge < -0.3 is 20.4 Å². The second-order valence-electron chi connectivity index (χ2n) is 4.80. The van der Waals surface area contributed by atoms with Crippen LogP contribution in [0.5, 0.6) is 5.75 Å². The van der Waals surface area contributed by atoms with Gasteiger partial charge in [0.05, 0.1) is 0 Å². The van der Waals surface area contributed by atoms with Crippen molar-refractivity contribution in [3.05, 3.63) is 66.5 Å². The standard InChI is InChI=1S/C18H20O4.CH5N/c1-14(4-3-13-19)5-6-15(2)22-18(21)12-9-16-7-10-17(20)11-8-16;1-2/h5-8,10-11,13,20H,1-4,9,12H2;2H2,1H3/b6-5-;. The number of phenols is 1. The van der Waals surface area contributed by atoms with Gasteiger partial charge in [0, 0.05) is 12.8 Å². The van der Waals surface area contributed by atoms with Crippen LogP contribution in [0.25, 0.3) is 0 Å². The number of aromatic hydroxyl groups is 1. The highest BCUT2D eigenvalue weighted by Gasteiger charge is 2.05. The van der Waals surface area contributed by atoms with E-state index >= 15 is 0 Å². The summed E-state index contributed by atoms with van der Waals surface area (Å²) in [5.41, 5.74) is 6.21. The summed E-state index contributed by atoms with van der Waals surface area (Å²) in [6, 6.07) is 6.67. The zero-order valence-electron chi connectivity index (χ0n) is 14.0. The molecule has 24 heavy (non-hydrogen) atoms. The second kappa shape index (κ2) is 12.8. The van der Waals surface area contributed by atoms with E-state index in [9.17, 15) is 14.7 Å². The van der Waals surface area contributed by atoms with E-state index in [0.29, 0.717) is 19.3 Å². The van der Waals surface area contributed by atoms with Crippen molar-refractivity contribution in [3.8, 4) is 5.75 Å². The fourth-order valence-electron chi connectivity index (χ4n) is 1.68. The zero-order valence-corrected chi connectivity index (χ0v) is 14.0. The molecule has 0 heterocycles. The number of esters is 1. The van der Waals surface area contributed by atoms with Crippen LogP contribution < -0.4 is 5.73 Å². The Morgan fingerprint density at radius 1 is 1.17 bits per heavy atom. The summed E-state index contributed by atoms with van der Waals surface area (Å²) in [6.07, 6.45) is 5.82. The zero-order chi connectivity index (χ0) is 18.4. The molecule has 130 valence electrons. The van der Waals surface area contributed by atoms with E-state index in [2.05, 4.69) is 18.9 Å². The van der Waals surface area contributed by atoms with Crippen LogP contribution in [0.1, 0.15) is 24.8 Å². The summed E-state index contributed by atoms with van der Waals surface area (Å²) in [7, 11) is 1.50. The number of rotatable bonds is 9. The predicted molar refractivity (Wildman–Crippen MR) is 95.3 cm³/mol. The Hall–Kier alpha value is -2.66. The van der Waals surface area contributed by atoms with E-state index in [-0.39, 0.29) is 23.9 Å². The third-order valence-corrected chi connectivity index (χ3v) is 2.89. The molecule has 5 nitrogen and oxygen atoms in total. The molecule has 0 unspecified atom stereocenters. The van der Waals surface area contributed by atoms with Crippen molar-refractivity contribution in [3.63, 3.8) is 0 Å². The summed E-state index contributed by atoms with van der Waals surface area (Å²) in [5.74, 6) is 0.0591. The lowest BCUT2D eigenvalue weighted by molar-refractivity contribution is -0.138. The molecule has 3 N–H and O–H groups in total. The first kappa shape index (κ1) is 21.3. The van der Waals surface area contributed by atoms with E-state index in [0.717, 1.165) is 17.4 Å². The van der Waals surface area contributed by atoms with Gasteiger partial charge in [-0.15, -0.1) is 0 Å². The summed E-state index contributed by atoms with van der Waals surface area (Å²) in [4.78, 5) is 21.9. The largest absolute Gasteiger partial charge is 0.508 e. The Bertz CT molecular complexity index is 574. The summed E-state index contributed by atoms with van der Waals surface area (Å²) in [5, 5.41) is 9.17. The van der Waals surface area contributed by atoms with Crippen LogP contribution in [-0.4, -0.2) is 24.4 Å². The van der Waals surface area contributed by atoms with Crippen molar-refractivity contribution >= 4 is 12.3 Å². The third kappa shape index (κ3) is 10.1. The van der Waals surface area contributed by atoms with Gasteiger partial charge >= 0.3 is 5.97 Å². The Labute approximate surface area is 143 Å². The lowest BCUT2D eigenvalue weighted by Crippen LogP contribution is -2.04. The number of benzene rings is 1. The molecule has 0 amide bonds. The molecule has 0 radical (unpaired) electrons. The van der Waals surface area contributed by atoms with Crippen LogP contribution in [0.4, 0.5) is 0 Å². The Balaban J connectivity index is 0.00000254. The monoisotopic (exact) mass is 331 g/mol. The van der Waals surface area contributed by atoms with E-state index in [1.807, 2.05) is 0 Å². The first-order valence-corrected chi connectivity index (χ1v) is 7.56. The normalized spacial score (nSPS) is 9.75. The van der Waals surface area contributed by atoms with Gasteiger partial charge in [-0.25, -0.2) is 0 Å². The SMILES string of the molecule is C=C(/C=C\C(=C)OC(=O)CCc1ccc(O)cc1)CCC=O.CN. The first-order valence-electron chi connectivity index (χ1n) is 7.56. The van der Waals surface area contributed by atoms with Gasteiger partial charge in [0.2, 0.25) is 0 Å². The number of allylic oxidation sites excluding steroid dienone is 3. The number of phenolic OH excluding ortho intramolecular Hbond substituents is 1. The van der Waals surface area contributed by atoms with E-state index < -0.39 is 0 Å². The van der Waals surface area contributed by atoms with E-state index in [1.165, 1.54) is 7.05 Å². The molecule has 0 saturated carbocycles. The number of carbonyl (C=O) groups is 2. The number of nitrogens with two attached hydrogens (primary N) is 1. The molecule has 0 spiro atoms. The molecule has 0 aliphatic carbocycles. The maximum absolute atomic E-state index is 11.7. The highest BCUT2D eigenvalue weighted by atomic mass is 16.5. The number of aryl methyl sites for hydroxylation is 1. The smallest absolute Gasteiger partial charge is 0.311 e. The summed E-state index contributed by atoms with van der Waals surface area (Å²) < 4.78 is 5.07. The van der Waals surface area contributed by atoms with Crippen LogP contribution in [0.2, 0.25) is 0 Å². The van der Waals surface area contributed by atoms with Crippen LogP contribution in [0.15, 0.2) is 60.9 Å². The second-order valence-corrected chi connectivity index (χ2v) is 4.80.